The number of pyridine rings is 1. The average Bonchev–Trinajstić information content (AvgIpc) is 2.74. The molecule has 0 radical (unpaired) electrons. The lowest BCUT2D eigenvalue weighted by Gasteiger charge is -2.21. The van der Waals surface area contributed by atoms with Gasteiger partial charge in [-0.3, -0.25) is 4.31 Å². The summed E-state index contributed by atoms with van der Waals surface area (Å²) >= 11 is 0. The van der Waals surface area contributed by atoms with Crippen molar-refractivity contribution in [1.29, 1.82) is 0 Å². The van der Waals surface area contributed by atoms with Crippen molar-refractivity contribution in [2.75, 3.05) is 28.7 Å². The maximum Gasteiger partial charge on any atom is 0.332 e. The molecule has 3 rings (SSSR count). The van der Waals surface area contributed by atoms with Crippen LogP contribution in [0.5, 0.6) is 0 Å². The van der Waals surface area contributed by atoms with E-state index in [1.165, 1.54) is 8.61 Å². The van der Waals surface area contributed by atoms with Crippen molar-refractivity contribution in [2.45, 2.75) is 13.3 Å². The van der Waals surface area contributed by atoms with Gasteiger partial charge >= 0.3 is 10.2 Å². The molecular formula is C16H21ClN4O2S. The molecule has 0 spiro atoms. The first kappa shape index (κ1) is 18.5. The Morgan fingerprint density at radius 2 is 1.79 bits per heavy atom. The number of nitrogens with zero attached hydrogens (tertiary/aromatic N) is 3. The average molecular weight is 369 g/mol. The van der Waals surface area contributed by atoms with Crippen LogP contribution in [0.25, 0.3) is 0 Å². The van der Waals surface area contributed by atoms with Crippen molar-refractivity contribution in [3.63, 3.8) is 0 Å². The minimum atomic E-state index is -3.66. The molecule has 2 aromatic rings. The summed E-state index contributed by atoms with van der Waals surface area (Å²) < 4.78 is 28.9. The first-order chi connectivity index (χ1) is 11.1. The van der Waals surface area contributed by atoms with E-state index >= 15 is 0 Å². The van der Waals surface area contributed by atoms with Gasteiger partial charge in [0, 0.05) is 12.2 Å². The van der Waals surface area contributed by atoms with E-state index in [1.807, 2.05) is 50.4 Å². The number of fused-ring (bicyclic) bond motifs is 1. The Kier molecular flexibility index (Phi) is 5.69. The molecule has 2 heterocycles. The van der Waals surface area contributed by atoms with Gasteiger partial charge in [0.25, 0.3) is 0 Å². The summed E-state index contributed by atoms with van der Waals surface area (Å²) in [5.74, 6) is 0.425. The predicted octanol–water partition coefficient (Wildman–Crippen LogP) is 2.62. The van der Waals surface area contributed by atoms with Gasteiger partial charge in [-0.25, -0.2) is 9.29 Å². The molecule has 1 N–H and O–H groups in total. The van der Waals surface area contributed by atoms with E-state index in [9.17, 15) is 8.42 Å². The first-order valence-corrected chi connectivity index (χ1v) is 8.95. The fourth-order valence-corrected chi connectivity index (χ4v) is 4.41. The van der Waals surface area contributed by atoms with Crippen LogP contribution in [-0.4, -0.2) is 33.5 Å². The number of anilines is 3. The third kappa shape index (κ3) is 3.19. The molecule has 0 amide bonds. The zero-order chi connectivity index (χ0) is 16.4. The number of hydrogen-bond donors (Lipinski definition) is 1. The van der Waals surface area contributed by atoms with Gasteiger partial charge in [0.05, 0.1) is 11.4 Å². The molecule has 24 heavy (non-hydrogen) atoms. The molecular weight excluding hydrogens is 348 g/mol. The van der Waals surface area contributed by atoms with Crippen LogP contribution < -0.4 is 13.9 Å². The van der Waals surface area contributed by atoms with Crippen molar-refractivity contribution in [1.82, 2.24) is 10.3 Å². The number of para-hydroxylation sites is 2. The highest BCUT2D eigenvalue weighted by Gasteiger charge is 2.41. The van der Waals surface area contributed by atoms with Crippen LogP contribution in [0, 0.1) is 6.92 Å². The second-order valence-corrected chi connectivity index (χ2v) is 7.13. The van der Waals surface area contributed by atoms with E-state index in [-0.39, 0.29) is 12.4 Å². The molecule has 0 bridgehead atoms. The van der Waals surface area contributed by atoms with Crippen LogP contribution >= 0.6 is 12.4 Å². The van der Waals surface area contributed by atoms with Crippen LogP contribution in [0.15, 0.2) is 42.5 Å². The Morgan fingerprint density at radius 1 is 1.08 bits per heavy atom. The Labute approximate surface area is 149 Å². The van der Waals surface area contributed by atoms with Crippen molar-refractivity contribution in [3.05, 3.63) is 48.2 Å². The molecule has 0 unspecified atom stereocenters. The summed E-state index contributed by atoms with van der Waals surface area (Å²) in [6.45, 7) is 3.04. The number of nitrogens with one attached hydrogen (secondary N) is 1. The normalized spacial score (nSPS) is 15.1. The molecule has 0 aliphatic carbocycles. The number of benzene rings is 1. The lowest BCUT2D eigenvalue weighted by Crippen LogP contribution is -2.37. The molecule has 130 valence electrons. The minimum absolute atomic E-state index is 0. The Balaban J connectivity index is 0.00000208. The standard InChI is InChI=1S/C16H20N4O2S.ClH/c1-13-7-5-10-16(18-13)20-15-9-4-3-8-14(15)19(23(20,21)22)12-6-11-17-2;/h3-5,7-10,17H,6,11-12H2,1-2H3;1H. The largest absolute Gasteiger partial charge is 0.332 e. The lowest BCUT2D eigenvalue weighted by atomic mass is 10.2. The Bertz CT molecular complexity index is 813. The molecule has 6 nitrogen and oxygen atoms in total. The van der Waals surface area contributed by atoms with Gasteiger partial charge in [0.15, 0.2) is 0 Å². The number of halogens is 1. The summed E-state index contributed by atoms with van der Waals surface area (Å²) in [6.07, 6.45) is 0.735. The van der Waals surface area contributed by atoms with Gasteiger partial charge < -0.3 is 5.32 Å². The van der Waals surface area contributed by atoms with E-state index in [4.69, 9.17) is 0 Å². The van der Waals surface area contributed by atoms with E-state index in [1.54, 1.807) is 6.07 Å². The molecule has 0 fully saturated rings. The van der Waals surface area contributed by atoms with Gasteiger partial charge in [-0.05, 0) is 51.2 Å². The van der Waals surface area contributed by atoms with Gasteiger partial charge in [-0.2, -0.15) is 8.42 Å². The SMILES string of the molecule is CNCCCN1c2ccccc2N(c2cccc(C)n2)S1(=O)=O.Cl. The molecule has 0 saturated carbocycles. The highest BCUT2D eigenvalue weighted by Crippen LogP contribution is 2.44. The monoisotopic (exact) mass is 368 g/mol. The third-order valence-electron chi connectivity index (χ3n) is 3.75. The topological polar surface area (TPSA) is 65.5 Å². The lowest BCUT2D eigenvalue weighted by molar-refractivity contribution is 0.591. The second kappa shape index (κ2) is 7.38. The van der Waals surface area contributed by atoms with E-state index in [0.717, 1.165) is 18.7 Å². The smallest absolute Gasteiger partial charge is 0.320 e. The van der Waals surface area contributed by atoms with Gasteiger partial charge in [-0.15, -0.1) is 12.4 Å². The van der Waals surface area contributed by atoms with E-state index < -0.39 is 10.2 Å². The fraction of sp³-hybridized carbons (Fsp3) is 0.312. The zero-order valence-electron chi connectivity index (χ0n) is 13.6. The summed E-state index contributed by atoms with van der Waals surface area (Å²) in [7, 11) is -1.80. The first-order valence-electron chi connectivity index (χ1n) is 7.56. The molecule has 1 aliphatic heterocycles. The summed E-state index contributed by atoms with van der Waals surface area (Å²) in [5.41, 5.74) is 2.13. The maximum absolute atomic E-state index is 13.0. The summed E-state index contributed by atoms with van der Waals surface area (Å²) in [5, 5.41) is 3.05. The molecule has 0 atom stereocenters. The van der Waals surface area contributed by atoms with E-state index in [2.05, 4.69) is 10.3 Å². The Hall–Kier alpha value is -1.83. The molecule has 1 aromatic carbocycles. The fourth-order valence-electron chi connectivity index (χ4n) is 2.71. The molecule has 1 aliphatic rings. The number of aryl methyl sites for hydroxylation is 1. The number of hydrogen-bond acceptors (Lipinski definition) is 4. The highest BCUT2D eigenvalue weighted by molar-refractivity contribution is 7.95. The van der Waals surface area contributed by atoms with Crippen LogP contribution in [-0.2, 0) is 10.2 Å². The molecule has 0 saturated heterocycles. The van der Waals surface area contributed by atoms with Crippen molar-refractivity contribution >= 4 is 39.8 Å². The minimum Gasteiger partial charge on any atom is -0.320 e. The Morgan fingerprint density at radius 3 is 2.46 bits per heavy atom. The van der Waals surface area contributed by atoms with E-state index in [0.29, 0.717) is 23.7 Å². The number of aromatic nitrogens is 1. The highest BCUT2D eigenvalue weighted by atomic mass is 35.5. The summed E-state index contributed by atoms with van der Waals surface area (Å²) in [6, 6.07) is 12.7. The zero-order valence-corrected chi connectivity index (χ0v) is 15.3. The predicted molar refractivity (Wildman–Crippen MR) is 99.6 cm³/mol. The summed E-state index contributed by atoms with van der Waals surface area (Å²) in [4.78, 5) is 4.39. The quantitative estimate of drug-likeness (QED) is 0.824. The van der Waals surface area contributed by atoms with Crippen LogP contribution in [0.3, 0.4) is 0 Å². The second-order valence-electron chi connectivity index (χ2n) is 5.43. The number of rotatable bonds is 5. The van der Waals surface area contributed by atoms with Crippen molar-refractivity contribution in [2.24, 2.45) is 0 Å². The van der Waals surface area contributed by atoms with Crippen molar-refractivity contribution < 1.29 is 8.42 Å². The molecule has 8 heteroatoms. The van der Waals surface area contributed by atoms with Gasteiger partial charge in [-0.1, -0.05) is 18.2 Å². The van der Waals surface area contributed by atoms with Crippen LogP contribution in [0.1, 0.15) is 12.1 Å². The molecule has 1 aromatic heterocycles. The van der Waals surface area contributed by atoms with Gasteiger partial charge in [0.1, 0.15) is 5.82 Å². The van der Waals surface area contributed by atoms with Crippen LogP contribution in [0.4, 0.5) is 17.2 Å². The van der Waals surface area contributed by atoms with Crippen LogP contribution in [0.2, 0.25) is 0 Å². The van der Waals surface area contributed by atoms with Gasteiger partial charge in [0.2, 0.25) is 0 Å². The third-order valence-corrected chi connectivity index (χ3v) is 5.53. The van der Waals surface area contributed by atoms with Crippen molar-refractivity contribution in [3.8, 4) is 0 Å². The maximum atomic E-state index is 13.0.